The Hall–Kier alpha value is -0.0800. The van der Waals surface area contributed by atoms with Crippen molar-refractivity contribution in [3.05, 3.63) is 0 Å². The first-order chi connectivity index (χ1) is 5.61. The highest BCUT2D eigenvalue weighted by atomic mass is 16.7. The molecular weight excluding hydrogens is 152 g/mol. The van der Waals surface area contributed by atoms with Crippen molar-refractivity contribution in [3.8, 4) is 0 Å². The van der Waals surface area contributed by atoms with Gasteiger partial charge in [0.05, 0.1) is 5.60 Å². The van der Waals surface area contributed by atoms with Gasteiger partial charge in [0.2, 0.25) is 0 Å². The molecule has 2 nitrogen and oxygen atoms in total. The fourth-order valence-corrected chi connectivity index (χ4v) is 1.67. The maximum Gasteiger partial charge on any atom is 0.160 e. The molecule has 0 aromatic rings. The molecule has 0 aromatic heterocycles. The van der Waals surface area contributed by atoms with Crippen molar-refractivity contribution in [1.82, 2.24) is 0 Å². The Morgan fingerprint density at radius 1 is 1.58 bits per heavy atom. The van der Waals surface area contributed by atoms with Gasteiger partial charge in [-0.3, -0.25) is 0 Å². The molecule has 1 aliphatic rings. The second kappa shape index (κ2) is 3.75. The Morgan fingerprint density at radius 3 is 2.75 bits per heavy atom. The van der Waals surface area contributed by atoms with E-state index in [0.717, 1.165) is 12.8 Å². The number of methoxy groups -OCH3 is 1. The maximum absolute atomic E-state index is 5.86. The smallest absolute Gasteiger partial charge is 0.160 e. The van der Waals surface area contributed by atoms with Gasteiger partial charge in [-0.15, -0.1) is 0 Å². The molecule has 0 aromatic carbocycles. The molecule has 12 heavy (non-hydrogen) atoms. The second-order valence-electron chi connectivity index (χ2n) is 4.04. The monoisotopic (exact) mass is 172 g/mol. The molecule has 1 aliphatic heterocycles. The largest absolute Gasteiger partial charge is 0.356 e. The number of hydrogen-bond donors (Lipinski definition) is 0. The van der Waals surface area contributed by atoms with E-state index in [1.807, 2.05) is 0 Å². The first-order valence-corrected chi connectivity index (χ1v) is 4.82. The second-order valence-corrected chi connectivity index (χ2v) is 4.04. The van der Waals surface area contributed by atoms with Crippen LogP contribution < -0.4 is 0 Å². The summed E-state index contributed by atoms with van der Waals surface area (Å²) < 4.78 is 11.1. The van der Waals surface area contributed by atoms with Gasteiger partial charge in [-0.25, -0.2) is 0 Å². The topological polar surface area (TPSA) is 18.5 Å². The van der Waals surface area contributed by atoms with Crippen molar-refractivity contribution in [2.24, 2.45) is 5.92 Å². The Bertz CT molecular complexity index is 147. The molecule has 0 N–H and O–H groups in total. The summed E-state index contributed by atoms with van der Waals surface area (Å²) in [4.78, 5) is 0. The summed E-state index contributed by atoms with van der Waals surface area (Å²) in [6.45, 7) is 6.52. The average Bonchev–Trinajstić information content (AvgIpc) is 2.10. The molecule has 2 heteroatoms. The minimum absolute atomic E-state index is 0.00343. The summed E-state index contributed by atoms with van der Waals surface area (Å²) in [5, 5.41) is 0. The van der Waals surface area contributed by atoms with Gasteiger partial charge >= 0.3 is 0 Å². The van der Waals surface area contributed by atoms with Gasteiger partial charge in [-0.05, 0) is 26.2 Å². The molecule has 72 valence electrons. The van der Waals surface area contributed by atoms with E-state index in [1.54, 1.807) is 7.11 Å². The Balaban J connectivity index is 2.55. The minimum Gasteiger partial charge on any atom is -0.356 e. The van der Waals surface area contributed by atoms with Crippen LogP contribution in [0.25, 0.3) is 0 Å². The zero-order valence-corrected chi connectivity index (χ0v) is 8.59. The summed E-state index contributed by atoms with van der Waals surface area (Å²) in [5.74, 6) is 0.537. The quantitative estimate of drug-likeness (QED) is 0.637. The SMILES string of the molecule is CC[C@]1(C)CC[C@@H](C)[C@@H](OC)O1. The highest BCUT2D eigenvalue weighted by Gasteiger charge is 2.35. The summed E-state index contributed by atoms with van der Waals surface area (Å²) in [5.41, 5.74) is 0.0488. The van der Waals surface area contributed by atoms with Crippen molar-refractivity contribution in [1.29, 1.82) is 0 Å². The van der Waals surface area contributed by atoms with E-state index in [2.05, 4.69) is 20.8 Å². The molecule has 1 rings (SSSR count). The summed E-state index contributed by atoms with van der Waals surface area (Å²) in [6, 6.07) is 0. The molecule has 3 atom stereocenters. The van der Waals surface area contributed by atoms with Crippen LogP contribution in [-0.2, 0) is 9.47 Å². The highest BCUT2D eigenvalue weighted by Crippen LogP contribution is 2.34. The number of hydrogen-bond acceptors (Lipinski definition) is 2. The number of rotatable bonds is 2. The lowest BCUT2D eigenvalue weighted by Gasteiger charge is -2.40. The van der Waals surface area contributed by atoms with Crippen molar-refractivity contribution in [2.75, 3.05) is 7.11 Å². The van der Waals surface area contributed by atoms with Crippen LogP contribution in [0.5, 0.6) is 0 Å². The molecule has 0 saturated carbocycles. The van der Waals surface area contributed by atoms with Crippen molar-refractivity contribution >= 4 is 0 Å². The van der Waals surface area contributed by atoms with E-state index in [0.29, 0.717) is 5.92 Å². The Labute approximate surface area is 75.2 Å². The van der Waals surface area contributed by atoms with Gasteiger partial charge in [0, 0.05) is 13.0 Å². The fourth-order valence-electron chi connectivity index (χ4n) is 1.67. The van der Waals surface area contributed by atoms with Gasteiger partial charge in [-0.2, -0.15) is 0 Å². The van der Waals surface area contributed by atoms with Gasteiger partial charge < -0.3 is 9.47 Å². The van der Waals surface area contributed by atoms with Gasteiger partial charge in [-0.1, -0.05) is 13.8 Å². The van der Waals surface area contributed by atoms with Crippen LogP contribution in [0.15, 0.2) is 0 Å². The average molecular weight is 172 g/mol. The number of ether oxygens (including phenoxy) is 2. The predicted molar refractivity (Wildman–Crippen MR) is 49.0 cm³/mol. The van der Waals surface area contributed by atoms with Gasteiger partial charge in [0.25, 0.3) is 0 Å². The Kier molecular flexibility index (Phi) is 3.13. The molecule has 0 radical (unpaired) electrons. The van der Waals surface area contributed by atoms with Crippen LogP contribution in [-0.4, -0.2) is 19.0 Å². The molecule has 0 aliphatic carbocycles. The fraction of sp³-hybridized carbons (Fsp3) is 1.00. The van der Waals surface area contributed by atoms with Crippen LogP contribution in [0.3, 0.4) is 0 Å². The van der Waals surface area contributed by atoms with E-state index < -0.39 is 0 Å². The van der Waals surface area contributed by atoms with Crippen LogP contribution in [0, 0.1) is 5.92 Å². The van der Waals surface area contributed by atoms with E-state index >= 15 is 0 Å². The van der Waals surface area contributed by atoms with Crippen LogP contribution in [0.2, 0.25) is 0 Å². The third-order valence-electron chi connectivity index (χ3n) is 2.97. The minimum atomic E-state index is 0.00343. The molecule has 1 saturated heterocycles. The van der Waals surface area contributed by atoms with Gasteiger partial charge in [0.1, 0.15) is 0 Å². The zero-order valence-electron chi connectivity index (χ0n) is 8.59. The predicted octanol–water partition coefficient (Wildman–Crippen LogP) is 2.57. The van der Waals surface area contributed by atoms with E-state index in [1.165, 1.54) is 6.42 Å². The first-order valence-electron chi connectivity index (χ1n) is 4.82. The third kappa shape index (κ3) is 1.99. The van der Waals surface area contributed by atoms with E-state index in [9.17, 15) is 0 Å². The molecular formula is C10H20O2. The van der Waals surface area contributed by atoms with E-state index in [4.69, 9.17) is 9.47 Å². The lowest BCUT2D eigenvalue weighted by Crippen LogP contribution is -2.42. The van der Waals surface area contributed by atoms with Crippen molar-refractivity contribution in [2.45, 2.75) is 51.9 Å². The normalized spacial score (nSPS) is 43.0. The molecule has 0 unspecified atom stereocenters. The molecule has 1 heterocycles. The maximum atomic E-state index is 5.86. The zero-order chi connectivity index (χ0) is 9.19. The molecule has 0 spiro atoms. The lowest BCUT2D eigenvalue weighted by molar-refractivity contribution is -0.243. The molecule has 0 amide bonds. The molecule has 1 fully saturated rings. The summed E-state index contributed by atoms with van der Waals surface area (Å²) in [7, 11) is 1.72. The standard InChI is InChI=1S/C10H20O2/c1-5-10(3)7-6-8(2)9(11-4)12-10/h8-9H,5-7H2,1-4H3/t8-,9+,10-/m1/s1. The third-order valence-corrected chi connectivity index (χ3v) is 2.97. The Morgan fingerprint density at radius 2 is 2.25 bits per heavy atom. The first kappa shape index (κ1) is 10.0. The lowest BCUT2D eigenvalue weighted by atomic mass is 9.88. The van der Waals surface area contributed by atoms with Crippen LogP contribution in [0.4, 0.5) is 0 Å². The van der Waals surface area contributed by atoms with E-state index in [-0.39, 0.29) is 11.9 Å². The molecule has 0 bridgehead atoms. The van der Waals surface area contributed by atoms with Gasteiger partial charge in [0.15, 0.2) is 6.29 Å². The highest BCUT2D eigenvalue weighted by molar-refractivity contribution is 4.80. The van der Waals surface area contributed by atoms with Crippen molar-refractivity contribution < 1.29 is 9.47 Å². The van der Waals surface area contributed by atoms with Crippen LogP contribution in [0.1, 0.15) is 40.0 Å². The van der Waals surface area contributed by atoms with Crippen LogP contribution >= 0.6 is 0 Å². The summed E-state index contributed by atoms with van der Waals surface area (Å²) in [6.07, 6.45) is 3.44. The van der Waals surface area contributed by atoms with Crippen molar-refractivity contribution in [3.63, 3.8) is 0 Å². The summed E-state index contributed by atoms with van der Waals surface area (Å²) >= 11 is 0.